The molecule has 0 saturated carbocycles. The van der Waals surface area contributed by atoms with Crippen molar-refractivity contribution in [1.29, 1.82) is 0 Å². The summed E-state index contributed by atoms with van der Waals surface area (Å²) in [5, 5.41) is 12.4. The molecule has 11 heteroatoms. The number of cyclic esters (lactones) is 1. The van der Waals surface area contributed by atoms with Gasteiger partial charge in [0.2, 0.25) is 17.7 Å². The average Bonchev–Trinajstić information content (AvgIpc) is 3.60. The minimum atomic E-state index is -1.35. The summed E-state index contributed by atoms with van der Waals surface area (Å²) in [6, 6.07) is 8.08. The number of hydrogen-bond donors (Lipinski definition) is 2. The number of nitrogens with one attached hydrogen (secondary N) is 1. The summed E-state index contributed by atoms with van der Waals surface area (Å²) in [6.07, 6.45) is 7.38. The van der Waals surface area contributed by atoms with Gasteiger partial charge in [-0.15, -0.1) is 0 Å². The van der Waals surface area contributed by atoms with Crippen molar-refractivity contribution in [2.24, 2.45) is 11.8 Å². The smallest absolute Gasteiger partial charge is 0.313 e. The van der Waals surface area contributed by atoms with E-state index in [2.05, 4.69) is 28.2 Å². The molecule has 5 rings (SSSR count). The van der Waals surface area contributed by atoms with Crippen LogP contribution in [0.15, 0.2) is 53.0 Å². The Morgan fingerprint density at radius 1 is 1.11 bits per heavy atom. The summed E-state index contributed by atoms with van der Waals surface area (Å²) in [4.78, 5) is 59.1. The van der Waals surface area contributed by atoms with Crippen LogP contribution in [0.1, 0.15) is 64.0 Å². The number of halogens is 1. The van der Waals surface area contributed by atoms with E-state index in [1.807, 2.05) is 49.4 Å². The summed E-state index contributed by atoms with van der Waals surface area (Å²) in [7, 11) is 0. The molecular formula is C33H42BrN3O7. The molecule has 1 aromatic rings. The molecule has 4 heterocycles. The van der Waals surface area contributed by atoms with Crippen molar-refractivity contribution < 1.29 is 33.8 Å². The maximum Gasteiger partial charge on any atom is 0.313 e. The molecule has 44 heavy (non-hydrogen) atoms. The minimum Gasteiger partial charge on any atom is -0.455 e. The third kappa shape index (κ3) is 6.10. The maximum atomic E-state index is 14.6. The lowest BCUT2D eigenvalue weighted by atomic mass is 9.74. The predicted octanol–water partition coefficient (Wildman–Crippen LogP) is 3.40. The van der Waals surface area contributed by atoms with Crippen molar-refractivity contribution >= 4 is 39.6 Å². The van der Waals surface area contributed by atoms with Crippen LogP contribution < -0.4 is 5.32 Å². The highest BCUT2D eigenvalue weighted by atomic mass is 79.9. The van der Waals surface area contributed by atoms with Crippen molar-refractivity contribution in [2.45, 2.75) is 82.3 Å². The number of carbonyl (C=O) groups is 4. The standard InChI is InChI=1S/C33H42BrN3O7/c1-3-12-21(2)36-16-9-5-8-15-25(39)35-20-24(22-13-6-4-7-14-22)43-32(42)26-27-30(40)37(17-10-11-18-38)29(31(36)41)33(27)19-23(34)28(26)44-33/h4-7,9,13-14,19,21,24,26-29,38H,3,8,10-12,15-18,20H2,1-2H3,(H,35,39)/b9-5-/t21?,24-,26-,27+,28-,29-,33+/m1/s1. The zero-order chi connectivity index (χ0) is 31.4. The van der Waals surface area contributed by atoms with Gasteiger partial charge >= 0.3 is 5.97 Å². The summed E-state index contributed by atoms with van der Waals surface area (Å²) >= 11 is 3.59. The Kier molecular flexibility index (Phi) is 10.3. The number of ether oxygens (including phenoxy) is 2. The molecular weight excluding hydrogens is 630 g/mol. The van der Waals surface area contributed by atoms with Crippen LogP contribution in [0.4, 0.5) is 0 Å². The number of benzene rings is 1. The van der Waals surface area contributed by atoms with Gasteiger partial charge in [-0.3, -0.25) is 19.2 Å². The van der Waals surface area contributed by atoms with Crippen LogP contribution in [0.2, 0.25) is 0 Å². The Hall–Kier alpha value is -3.02. The van der Waals surface area contributed by atoms with Gasteiger partial charge in [-0.05, 0) is 44.2 Å². The molecule has 4 aliphatic heterocycles. The van der Waals surface area contributed by atoms with Crippen LogP contribution in [0.3, 0.4) is 0 Å². The Labute approximate surface area is 266 Å². The van der Waals surface area contributed by atoms with Gasteiger partial charge < -0.3 is 29.7 Å². The highest BCUT2D eigenvalue weighted by Crippen LogP contribution is 2.59. The molecule has 238 valence electrons. The minimum absolute atomic E-state index is 0.0317. The molecule has 1 unspecified atom stereocenters. The van der Waals surface area contributed by atoms with E-state index in [9.17, 15) is 24.3 Å². The SMILES string of the molecule is CCCC(C)N1C/C=C\CCC(=O)NC[C@H](c2ccccc2)OC(=O)[C@H]2[C@@H]3O[C@@]4(C=C3Br)[C@@H]2C(=O)N(CCCCO)[C@@H]4C1=O. The van der Waals surface area contributed by atoms with Crippen molar-refractivity contribution in [3.8, 4) is 0 Å². The van der Waals surface area contributed by atoms with E-state index >= 15 is 0 Å². The molecule has 7 atom stereocenters. The highest BCUT2D eigenvalue weighted by molar-refractivity contribution is 9.11. The first-order valence-electron chi connectivity index (χ1n) is 15.7. The lowest BCUT2D eigenvalue weighted by molar-refractivity contribution is -0.160. The number of rotatable bonds is 8. The summed E-state index contributed by atoms with van der Waals surface area (Å²) in [5.41, 5.74) is -0.636. The molecule has 1 spiro atoms. The Bertz CT molecular complexity index is 1300. The predicted molar refractivity (Wildman–Crippen MR) is 166 cm³/mol. The van der Waals surface area contributed by atoms with Gasteiger partial charge in [0.15, 0.2) is 0 Å². The van der Waals surface area contributed by atoms with Gasteiger partial charge in [0, 0.05) is 36.6 Å². The first-order valence-corrected chi connectivity index (χ1v) is 16.5. The Morgan fingerprint density at radius 3 is 2.61 bits per heavy atom. The first-order chi connectivity index (χ1) is 21.2. The van der Waals surface area contributed by atoms with Crippen LogP contribution in [0.5, 0.6) is 0 Å². The van der Waals surface area contributed by atoms with Gasteiger partial charge in [0.05, 0.1) is 12.5 Å². The molecule has 0 radical (unpaired) electrons. The summed E-state index contributed by atoms with van der Waals surface area (Å²) in [5.74, 6) is -3.31. The van der Waals surface area contributed by atoms with Gasteiger partial charge in [-0.1, -0.05) is 71.8 Å². The number of esters is 1. The number of nitrogens with zero attached hydrogens (tertiary/aromatic N) is 2. The second-order valence-corrected chi connectivity index (χ2v) is 13.0. The van der Waals surface area contributed by atoms with Gasteiger partial charge in [0.1, 0.15) is 29.8 Å². The third-order valence-corrected chi connectivity index (χ3v) is 9.86. The zero-order valence-electron chi connectivity index (χ0n) is 25.3. The Balaban J connectivity index is 1.58. The number of allylic oxidation sites excluding steroid dienone is 1. The molecule has 3 amide bonds. The van der Waals surface area contributed by atoms with Gasteiger partial charge in [-0.2, -0.15) is 0 Å². The second kappa shape index (κ2) is 14.0. The molecule has 4 aliphatic rings. The normalized spacial score (nSPS) is 32.3. The fourth-order valence-corrected chi connectivity index (χ4v) is 7.78. The van der Waals surface area contributed by atoms with Crippen molar-refractivity contribution in [1.82, 2.24) is 15.1 Å². The number of fused-ring (bicyclic) bond motifs is 2. The lowest BCUT2D eigenvalue weighted by Crippen LogP contribution is -2.57. The van der Waals surface area contributed by atoms with E-state index in [1.54, 1.807) is 15.9 Å². The quantitative estimate of drug-likeness (QED) is 0.247. The van der Waals surface area contributed by atoms with Crippen molar-refractivity contribution in [3.63, 3.8) is 0 Å². The van der Waals surface area contributed by atoms with E-state index < -0.39 is 41.7 Å². The topological polar surface area (TPSA) is 125 Å². The number of amides is 3. The van der Waals surface area contributed by atoms with Crippen LogP contribution in [0.25, 0.3) is 0 Å². The molecule has 2 saturated heterocycles. The van der Waals surface area contributed by atoms with E-state index in [-0.39, 0.29) is 49.9 Å². The van der Waals surface area contributed by atoms with Crippen LogP contribution >= 0.6 is 15.9 Å². The third-order valence-electron chi connectivity index (χ3n) is 9.18. The van der Waals surface area contributed by atoms with Crippen LogP contribution in [0, 0.1) is 11.8 Å². The van der Waals surface area contributed by atoms with E-state index in [0.29, 0.717) is 35.9 Å². The number of aliphatic hydroxyl groups is 1. The number of hydrogen-bond acceptors (Lipinski definition) is 7. The molecule has 0 aromatic heterocycles. The lowest BCUT2D eigenvalue weighted by Gasteiger charge is -2.38. The van der Waals surface area contributed by atoms with Crippen molar-refractivity contribution in [2.75, 3.05) is 26.2 Å². The zero-order valence-corrected chi connectivity index (χ0v) is 26.9. The molecule has 1 aromatic carbocycles. The summed E-state index contributed by atoms with van der Waals surface area (Å²) < 4.78 is 13.3. The maximum absolute atomic E-state index is 14.6. The monoisotopic (exact) mass is 671 g/mol. The fourth-order valence-electron chi connectivity index (χ4n) is 7.05. The van der Waals surface area contributed by atoms with E-state index in [0.717, 1.165) is 12.8 Å². The molecule has 10 nitrogen and oxygen atoms in total. The van der Waals surface area contributed by atoms with Crippen molar-refractivity contribution in [3.05, 3.63) is 58.6 Å². The van der Waals surface area contributed by atoms with E-state index in [4.69, 9.17) is 9.47 Å². The molecule has 5 bridgehead atoms. The largest absolute Gasteiger partial charge is 0.455 e. The average molecular weight is 673 g/mol. The second-order valence-electron chi connectivity index (χ2n) is 12.1. The van der Waals surface area contributed by atoms with Crippen LogP contribution in [-0.2, 0) is 28.7 Å². The van der Waals surface area contributed by atoms with Gasteiger partial charge in [-0.25, -0.2) is 0 Å². The molecule has 0 aliphatic carbocycles. The van der Waals surface area contributed by atoms with Crippen LogP contribution in [-0.4, -0.2) is 88.6 Å². The fraction of sp³-hybridized carbons (Fsp3) is 0.576. The molecule has 2 fully saturated rings. The van der Waals surface area contributed by atoms with Gasteiger partial charge in [0.25, 0.3) is 0 Å². The van der Waals surface area contributed by atoms with E-state index in [1.165, 1.54) is 0 Å². The summed E-state index contributed by atoms with van der Waals surface area (Å²) in [6.45, 7) is 4.66. The number of carbonyl (C=O) groups excluding carboxylic acids is 4. The first kappa shape index (κ1) is 32.4. The molecule has 2 N–H and O–H groups in total. The number of unbranched alkanes of at least 4 members (excludes halogenated alkanes) is 1. The highest BCUT2D eigenvalue weighted by Gasteiger charge is 2.75. The Morgan fingerprint density at radius 2 is 1.89 bits per heavy atom. The number of likely N-dealkylation sites (tertiary alicyclic amines) is 1. The number of aliphatic hydroxyl groups excluding tert-OH is 1.